The maximum Gasteiger partial charge on any atom is 0.408 e. The average molecular weight is 521 g/mol. The summed E-state index contributed by atoms with van der Waals surface area (Å²) >= 11 is 6.25. The van der Waals surface area contributed by atoms with Gasteiger partial charge in [0.15, 0.2) is 9.84 Å². The Kier molecular flexibility index (Phi) is 9.24. The third kappa shape index (κ3) is 8.81. The van der Waals surface area contributed by atoms with Crippen LogP contribution < -0.4 is 10.6 Å². The summed E-state index contributed by atoms with van der Waals surface area (Å²) in [5, 5.41) is 7.37. The summed E-state index contributed by atoms with van der Waals surface area (Å²) in [6.45, 7) is 6.36. The monoisotopic (exact) mass is 520 g/mol. The van der Waals surface area contributed by atoms with Gasteiger partial charge in [-0.1, -0.05) is 35.9 Å². The first kappa shape index (κ1) is 27.5. The molecule has 1 fully saturated rings. The Bertz CT molecular complexity index is 1110. The lowest BCUT2D eigenvalue weighted by atomic mass is 9.79. The lowest BCUT2D eigenvalue weighted by Gasteiger charge is -2.35. The van der Waals surface area contributed by atoms with Gasteiger partial charge in [-0.25, -0.2) is 13.2 Å². The van der Waals surface area contributed by atoms with Gasteiger partial charge in [0.2, 0.25) is 0 Å². The third-order valence-electron chi connectivity index (χ3n) is 6.30. The van der Waals surface area contributed by atoms with E-state index in [9.17, 15) is 13.2 Å². The van der Waals surface area contributed by atoms with Crippen molar-refractivity contribution in [2.75, 3.05) is 12.8 Å². The molecule has 0 aromatic heterocycles. The van der Waals surface area contributed by atoms with Crippen molar-refractivity contribution in [1.29, 1.82) is 0 Å². The normalized spacial score (nSPS) is 19.7. The molecule has 2 aromatic rings. The molecule has 1 amide bonds. The maximum atomic E-state index is 12.6. The number of nitrogens with one attached hydrogen (secondary N) is 2. The Morgan fingerprint density at radius 1 is 1.09 bits per heavy atom. The topological polar surface area (TPSA) is 84.5 Å². The fourth-order valence-electron chi connectivity index (χ4n) is 4.62. The minimum atomic E-state index is -3.20. The minimum absolute atomic E-state index is 0.164. The number of hydrogen-bond donors (Lipinski definition) is 2. The molecular weight excluding hydrogens is 484 g/mol. The van der Waals surface area contributed by atoms with Gasteiger partial charge in [-0.3, -0.25) is 0 Å². The van der Waals surface area contributed by atoms with Crippen LogP contribution in [0.1, 0.15) is 63.6 Å². The van der Waals surface area contributed by atoms with Crippen LogP contribution in [0.3, 0.4) is 0 Å². The van der Waals surface area contributed by atoms with E-state index in [1.165, 1.54) is 6.26 Å². The van der Waals surface area contributed by atoms with E-state index in [4.69, 9.17) is 16.3 Å². The number of carbonyl (C=O) groups is 1. The Morgan fingerprint density at radius 3 is 2.40 bits per heavy atom. The van der Waals surface area contributed by atoms with Crippen molar-refractivity contribution >= 4 is 27.5 Å². The number of ether oxygens (including phenoxy) is 1. The number of hydrogen-bond acceptors (Lipinski definition) is 5. The lowest BCUT2D eigenvalue weighted by molar-refractivity contribution is 0.0473. The molecule has 1 unspecified atom stereocenters. The summed E-state index contributed by atoms with van der Waals surface area (Å²) in [6.07, 6.45) is 5.52. The van der Waals surface area contributed by atoms with Crippen LogP contribution in [0.4, 0.5) is 4.79 Å². The van der Waals surface area contributed by atoms with Gasteiger partial charge in [0.25, 0.3) is 0 Å². The molecule has 192 valence electrons. The second-order valence-corrected chi connectivity index (χ2v) is 12.9. The highest BCUT2D eigenvalue weighted by atomic mass is 35.5. The molecule has 6 nitrogen and oxygen atoms in total. The molecule has 35 heavy (non-hydrogen) atoms. The quantitative estimate of drug-likeness (QED) is 0.466. The predicted octanol–water partition coefficient (Wildman–Crippen LogP) is 5.70. The molecule has 2 N–H and O–H groups in total. The Hall–Kier alpha value is -2.09. The van der Waals surface area contributed by atoms with Gasteiger partial charge in [0.05, 0.1) is 10.9 Å². The van der Waals surface area contributed by atoms with E-state index in [1.54, 1.807) is 18.2 Å². The molecule has 1 aliphatic rings. The van der Waals surface area contributed by atoms with Crippen LogP contribution >= 0.6 is 11.6 Å². The van der Waals surface area contributed by atoms with Gasteiger partial charge in [-0.05, 0) is 101 Å². The van der Waals surface area contributed by atoms with Crippen LogP contribution in [-0.4, -0.2) is 39.0 Å². The van der Waals surface area contributed by atoms with E-state index in [0.717, 1.165) is 49.8 Å². The van der Waals surface area contributed by atoms with Crippen LogP contribution in [0.15, 0.2) is 53.4 Å². The van der Waals surface area contributed by atoms with Gasteiger partial charge < -0.3 is 15.4 Å². The molecule has 1 atom stereocenters. The Morgan fingerprint density at radius 2 is 1.77 bits per heavy atom. The van der Waals surface area contributed by atoms with Crippen molar-refractivity contribution in [3.8, 4) is 0 Å². The molecule has 1 saturated carbocycles. The van der Waals surface area contributed by atoms with Gasteiger partial charge in [0.1, 0.15) is 5.60 Å². The van der Waals surface area contributed by atoms with Crippen LogP contribution in [-0.2, 0) is 21.0 Å². The van der Waals surface area contributed by atoms with E-state index >= 15 is 0 Å². The maximum absolute atomic E-state index is 12.6. The molecule has 0 radical (unpaired) electrons. The van der Waals surface area contributed by atoms with Crippen molar-refractivity contribution < 1.29 is 17.9 Å². The van der Waals surface area contributed by atoms with E-state index < -0.39 is 21.5 Å². The molecule has 8 heteroatoms. The number of rotatable bonds is 8. The molecule has 0 heterocycles. The molecule has 0 bridgehead atoms. The zero-order valence-corrected chi connectivity index (χ0v) is 22.6. The predicted molar refractivity (Wildman–Crippen MR) is 141 cm³/mol. The van der Waals surface area contributed by atoms with E-state index in [-0.39, 0.29) is 12.0 Å². The first-order valence-electron chi connectivity index (χ1n) is 12.2. The number of halogens is 1. The van der Waals surface area contributed by atoms with E-state index in [1.807, 2.05) is 51.1 Å². The number of benzene rings is 2. The van der Waals surface area contributed by atoms with Crippen molar-refractivity contribution in [3.05, 3.63) is 64.7 Å². The van der Waals surface area contributed by atoms with Crippen molar-refractivity contribution in [2.24, 2.45) is 5.92 Å². The second-order valence-electron chi connectivity index (χ2n) is 10.4. The Balaban J connectivity index is 1.56. The number of alkyl carbamates (subject to hydrolysis) is 1. The van der Waals surface area contributed by atoms with Gasteiger partial charge in [-0.15, -0.1) is 0 Å². The van der Waals surface area contributed by atoms with Gasteiger partial charge in [0, 0.05) is 17.3 Å². The molecule has 0 aliphatic heterocycles. The lowest BCUT2D eigenvalue weighted by Crippen LogP contribution is -2.41. The van der Waals surface area contributed by atoms with Crippen LogP contribution in [0.2, 0.25) is 5.02 Å². The van der Waals surface area contributed by atoms with Crippen LogP contribution in [0, 0.1) is 5.92 Å². The van der Waals surface area contributed by atoms with Crippen molar-refractivity contribution in [1.82, 2.24) is 10.6 Å². The number of carbonyl (C=O) groups excluding carboxylic acids is 1. The van der Waals surface area contributed by atoms with E-state index in [0.29, 0.717) is 16.0 Å². The highest BCUT2D eigenvalue weighted by Crippen LogP contribution is 2.35. The second kappa shape index (κ2) is 11.8. The highest BCUT2D eigenvalue weighted by molar-refractivity contribution is 7.90. The molecule has 0 saturated heterocycles. The highest BCUT2D eigenvalue weighted by Gasteiger charge is 2.31. The van der Waals surface area contributed by atoms with Crippen LogP contribution in [0.25, 0.3) is 0 Å². The fraction of sp³-hybridized carbons (Fsp3) is 0.519. The molecular formula is C27H37ClN2O4S. The first-order chi connectivity index (χ1) is 16.4. The zero-order chi connectivity index (χ0) is 25.6. The van der Waals surface area contributed by atoms with Gasteiger partial charge >= 0.3 is 6.09 Å². The third-order valence-corrected chi connectivity index (χ3v) is 7.64. The first-order valence-corrected chi connectivity index (χ1v) is 14.4. The zero-order valence-electron chi connectivity index (χ0n) is 21.0. The summed E-state index contributed by atoms with van der Waals surface area (Å²) in [4.78, 5) is 12.9. The summed E-state index contributed by atoms with van der Waals surface area (Å²) in [5.41, 5.74) is 1.44. The smallest absolute Gasteiger partial charge is 0.408 e. The molecule has 1 aliphatic carbocycles. The van der Waals surface area contributed by atoms with Gasteiger partial charge in [-0.2, -0.15) is 0 Å². The summed E-state index contributed by atoms with van der Waals surface area (Å²) in [7, 11) is -3.20. The summed E-state index contributed by atoms with van der Waals surface area (Å²) in [5.74, 6) is 0.283. The Labute approximate surface area is 214 Å². The molecule has 0 spiro atoms. The fourth-order valence-corrected chi connectivity index (χ4v) is 5.51. The standard InChI is InChI=1S/C27H37ClN2O4S/c1-27(2,3)34-26(31)30-25(21-8-6-9-22(28)18-21)20-11-13-23(14-12-20)29-16-15-19-7-5-10-24(17-19)35(4,32)33/h5-10,17-18,20,23,25,29H,11-16H2,1-4H3,(H,30,31). The largest absolute Gasteiger partial charge is 0.444 e. The molecule has 3 rings (SSSR count). The van der Waals surface area contributed by atoms with Crippen molar-refractivity contribution in [2.45, 2.75) is 75.5 Å². The summed E-state index contributed by atoms with van der Waals surface area (Å²) in [6, 6.07) is 15.0. The number of sulfone groups is 1. The molecule has 2 aromatic carbocycles. The minimum Gasteiger partial charge on any atom is -0.444 e. The SMILES string of the molecule is CC(C)(C)OC(=O)NC(c1cccc(Cl)c1)C1CCC(NCCc2cccc(S(C)(=O)=O)c2)CC1. The number of amides is 1. The average Bonchev–Trinajstić information content (AvgIpc) is 2.76. The van der Waals surface area contributed by atoms with E-state index in [2.05, 4.69) is 10.6 Å². The summed E-state index contributed by atoms with van der Waals surface area (Å²) < 4.78 is 29.1. The van der Waals surface area contributed by atoms with Crippen molar-refractivity contribution in [3.63, 3.8) is 0 Å². The van der Waals surface area contributed by atoms with Crippen LogP contribution in [0.5, 0.6) is 0 Å².